The summed E-state index contributed by atoms with van der Waals surface area (Å²) in [7, 11) is 0. The molecule has 8 heteroatoms. The molecular formula is C18H14Br2N2O3S. The minimum absolute atomic E-state index is 0.134. The highest BCUT2D eigenvalue weighted by Gasteiger charge is 2.16. The summed E-state index contributed by atoms with van der Waals surface area (Å²) in [5.74, 6) is -0.436. The van der Waals surface area contributed by atoms with Crippen LogP contribution >= 0.6 is 43.6 Å². The van der Waals surface area contributed by atoms with E-state index < -0.39 is 5.97 Å². The van der Waals surface area contributed by atoms with Crippen molar-refractivity contribution < 1.29 is 14.6 Å². The number of benzene rings is 2. The van der Waals surface area contributed by atoms with Gasteiger partial charge in [0.05, 0.1) is 22.1 Å². The first-order valence-electron chi connectivity index (χ1n) is 7.67. The number of nitrogens with zero attached hydrogens (tertiary/aromatic N) is 1. The lowest BCUT2D eigenvalue weighted by Gasteiger charge is -2.11. The third-order valence-corrected chi connectivity index (χ3v) is 5.34. The number of carboxylic acid groups (broad SMARTS) is 1. The number of nitrogens with one attached hydrogen (secondary N) is 1. The molecule has 2 aromatic carbocycles. The number of fused-ring (bicyclic) bond motifs is 1. The Hall–Kier alpha value is -1.77. The van der Waals surface area contributed by atoms with Gasteiger partial charge in [-0.2, -0.15) is 0 Å². The largest absolute Gasteiger partial charge is 0.492 e. The van der Waals surface area contributed by atoms with Crippen molar-refractivity contribution >= 4 is 66.7 Å². The molecular weight excluding hydrogens is 484 g/mol. The third-order valence-electron chi connectivity index (χ3n) is 3.40. The van der Waals surface area contributed by atoms with Gasteiger partial charge in [0, 0.05) is 10.0 Å². The minimum atomic E-state index is -1.03. The number of ether oxygens (including phenoxy) is 1. The summed E-state index contributed by atoms with van der Waals surface area (Å²) in [6, 6.07) is 11.2. The van der Waals surface area contributed by atoms with Gasteiger partial charge in [0.2, 0.25) is 0 Å². The van der Waals surface area contributed by atoms with Crippen LogP contribution in [0.25, 0.3) is 17.1 Å². The van der Waals surface area contributed by atoms with Crippen molar-refractivity contribution in [2.45, 2.75) is 12.1 Å². The highest BCUT2D eigenvalue weighted by Crippen LogP contribution is 2.36. The summed E-state index contributed by atoms with van der Waals surface area (Å²) in [5.41, 5.74) is 2.31. The number of hydrogen-bond acceptors (Lipinski definition) is 4. The molecule has 3 aromatic rings. The number of aliphatic carboxylic acids is 1. The molecule has 0 atom stereocenters. The summed E-state index contributed by atoms with van der Waals surface area (Å²) < 4.78 is 7.23. The number of para-hydroxylation sites is 2. The molecule has 26 heavy (non-hydrogen) atoms. The normalized spacial score (nSPS) is 11.7. The number of aromatic nitrogens is 2. The molecule has 0 amide bonds. The Balaban J connectivity index is 2.01. The van der Waals surface area contributed by atoms with Gasteiger partial charge >= 0.3 is 5.97 Å². The fourth-order valence-corrected chi connectivity index (χ4v) is 4.50. The molecule has 0 saturated heterocycles. The van der Waals surface area contributed by atoms with Crippen molar-refractivity contribution in [1.29, 1.82) is 0 Å². The van der Waals surface area contributed by atoms with E-state index in [-0.39, 0.29) is 4.91 Å². The van der Waals surface area contributed by atoms with Crippen LogP contribution < -0.4 is 4.74 Å². The first kappa shape index (κ1) is 19.0. The molecule has 0 bridgehead atoms. The number of halogens is 2. The molecule has 0 radical (unpaired) electrons. The summed E-state index contributed by atoms with van der Waals surface area (Å²) in [6.07, 6.45) is 1.58. The van der Waals surface area contributed by atoms with Gasteiger partial charge in [-0.25, -0.2) is 9.78 Å². The molecule has 1 heterocycles. The first-order valence-corrected chi connectivity index (χ1v) is 10.1. The Morgan fingerprint density at radius 2 is 2.12 bits per heavy atom. The van der Waals surface area contributed by atoms with Gasteiger partial charge in [-0.1, -0.05) is 28.1 Å². The number of rotatable bonds is 6. The molecule has 0 saturated carbocycles. The van der Waals surface area contributed by atoms with Gasteiger partial charge in [0.25, 0.3) is 0 Å². The molecule has 0 unspecified atom stereocenters. The number of hydrogen-bond donors (Lipinski definition) is 2. The lowest BCUT2D eigenvalue weighted by atomic mass is 10.2. The fraction of sp³-hybridized carbons (Fsp3) is 0.111. The molecule has 1 aromatic heterocycles. The first-order chi connectivity index (χ1) is 12.5. The zero-order valence-corrected chi connectivity index (χ0v) is 17.6. The highest BCUT2D eigenvalue weighted by atomic mass is 79.9. The highest BCUT2D eigenvalue weighted by molar-refractivity contribution is 9.11. The summed E-state index contributed by atoms with van der Waals surface area (Å²) >= 11 is 7.95. The van der Waals surface area contributed by atoms with E-state index in [0.717, 1.165) is 31.7 Å². The van der Waals surface area contributed by atoms with Crippen molar-refractivity contribution in [3.63, 3.8) is 0 Å². The van der Waals surface area contributed by atoms with Crippen molar-refractivity contribution in [2.75, 3.05) is 6.61 Å². The fourth-order valence-electron chi connectivity index (χ4n) is 2.34. The Morgan fingerprint density at radius 3 is 2.81 bits per heavy atom. The lowest BCUT2D eigenvalue weighted by Crippen LogP contribution is -1.99. The second-order valence-corrected chi connectivity index (χ2v) is 8.01. The van der Waals surface area contributed by atoms with Gasteiger partial charge in [-0.15, -0.1) is 0 Å². The zero-order valence-electron chi connectivity index (χ0n) is 13.6. The van der Waals surface area contributed by atoms with Crippen molar-refractivity contribution in [1.82, 2.24) is 9.97 Å². The summed E-state index contributed by atoms with van der Waals surface area (Å²) in [4.78, 5) is 19.5. The number of aromatic amines is 1. The van der Waals surface area contributed by atoms with Crippen LogP contribution in [-0.2, 0) is 4.79 Å². The molecule has 0 aliphatic rings. The number of thioether (sulfide) groups is 1. The average Bonchev–Trinajstić information content (AvgIpc) is 2.99. The van der Waals surface area contributed by atoms with Gasteiger partial charge in [0.1, 0.15) is 10.7 Å². The molecule has 5 nitrogen and oxygen atoms in total. The summed E-state index contributed by atoms with van der Waals surface area (Å²) in [5, 5.41) is 10.2. The number of H-pyrrole nitrogens is 1. The predicted molar refractivity (Wildman–Crippen MR) is 111 cm³/mol. The second kappa shape index (κ2) is 8.28. The van der Waals surface area contributed by atoms with Crippen LogP contribution in [0, 0.1) is 0 Å². The number of carboxylic acids is 1. The quantitative estimate of drug-likeness (QED) is 0.337. The van der Waals surface area contributed by atoms with Crippen molar-refractivity contribution in [3.8, 4) is 5.75 Å². The van der Waals surface area contributed by atoms with Crippen molar-refractivity contribution in [2.24, 2.45) is 0 Å². The zero-order chi connectivity index (χ0) is 18.7. The maximum Gasteiger partial charge on any atom is 0.342 e. The van der Waals surface area contributed by atoms with Crippen LogP contribution in [-0.4, -0.2) is 27.7 Å². The van der Waals surface area contributed by atoms with E-state index >= 15 is 0 Å². The Kier molecular flexibility index (Phi) is 6.05. The van der Waals surface area contributed by atoms with E-state index in [1.165, 1.54) is 0 Å². The van der Waals surface area contributed by atoms with E-state index in [1.807, 2.05) is 43.3 Å². The molecule has 0 fully saturated rings. The van der Waals surface area contributed by atoms with E-state index in [1.54, 1.807) is 6.08 Å². The van der Waals surface area contributed by atoms with Crippen molar-refractivity contribution in [3.05, 3.63) is 55.8 Å². The number of carbonyl (C=O) groups is 1. The second-order valence-electron chi connectivity index (χ2n) is 5.21. The van der Waals surface area contributed by atoms with Gasteiger partial charge < -0.3 is 14.8 Å². The molecule has 0 aliphatic carbocycles. The van der Waals surface area contributed by atoms with Gasteiger partial charge in [-0.05, 0) is 65.0 Å². The molecule has 0 spiro atoms. The predicted octanol–water partition coefficient (Wildman–Crippen LogP) is 5.70. The maximum absolute atomic E-state index is 11.8. The van der Waals surface area contributed by atoms with Gasteiger partial charge in [-0.3, -0.25) is 0 Å². The summed E-state index contributed by atoms with van der Waals surface area (Å²) in [6.45, 7) is 2.35. The van der Waals surface area contributed by atoms with E-state index in [2.05, 4.69) is 41.8 Å². The molecule has 0 aliphatic heterocycles. The topological polar surface area (TPSA) is 75.2 Å². The molecule has 3 rings (SSSR count). The Labute approximate surface area is 171 Å². The Bertz CT molecular complexity index is 968. The average molecular weight is 498 g/mol. The monoisotopic (exact) mass is 496 g/mol. The van der Waals surface area contributed by atoms with E-state index in [9.17, 15) is 9.90 Å². The van der Waals surface area contributed by atoms with Gasteiger partial charge in [0.15, 0.2) is 5.16 Å². The smallest absolute Gasteiger partial charge is 0.342 e. The standard InChI is InChI=1S/C18H14Br2N2O3S/c1-2-25-16-10(7-11(19)9-12(16)20)8-15(17(23)24)26-18-21-13-5-3-4-6-14(13)22-18/h3-9H,2H2,1H3,(H,21,22)(H,23,24)/b15-8-. The van der Waals surface area contributed by atoms with Crippen LogP contribution in [0.5, 0.6) is 5.75 Å². The van der Waals surface area contributed by atoms with Crippen LogP contribution in [0.4, 0.5) is 0 Å². The molecule has 134 valence electrons. The van der Waals surface area contributed by atoms with Crippen LogP contribution in [0.2, 0.25) is 0 Å². The van der Waals surface area contributed by atoms with Crippen LogP contribution in [0.3, 0.4) is 0 Å². The SMILES string of the molecule is CCOc1c(Br)cc(Br)cc1/C=C(\Sc1nc2ccccc2[nH]1)C(=O)O. The third kappa shape index (κ3) is 4.31. The van der Waals surface area contributed by atoms with Crippen LogP contribution in [0.1, 0.15) is 12.5 Å². The molecule has 2 N–H and O–H groups in total. The van der Waals surface area contributed by atoms with Crippen LogP contribution in [0.15, 0.2) is 55.4 Å². The lowest BCUT2D eigenvalue weighted by molar-refractivity contribution is -0.131. The Morgan fingerprint density at radius 1 is 1.35 bits per heavy atom. The minimum Gasteiger partial charge on any atom is -0.492 e. The number of imidazole rings is 1. The van der Waals surface area contributed by atoms with E-state index in [4.69, 9.17) is 4.74 Å². The van der Waals surface area contributed by atoms with E-state index in [0.29, 0.717) is 23.1 Å². The maximum atomic E-state index is 11.8.